The van der Waals surface area contributed by atoms with E-state index in [4.69, 9.17) is 0 Å². The van der Waals surface area contributed by atoms with Gasteiger partial charge in [0.1, 0.15) is 6.54 Å². The maximum absolute atomic E-state index is 13.2. The van der Waals surface area contributed by atoms with Crippen LogP contribution in [0.1, 0.15) is 11.1 Å². The predicted octanol–water partition coefficient (Wildman–Crippen LogP) is 3.67. The van der Waals surface area contributed by atoms with Crippen LogP contribution >= 0.6 is 0 Å². The van der Waals surface area contributed by atoms with Crippen molar-refractivity contribution in [1.29, 1.82) is 0 Å². The summed E-state index contributed by atoms with van der Waals surface area (Å²) in [4.78, 5) is 27.7. The maximum Gasteiger partial charge on any atom is 0.275 e. The Kier molecular flexibility index (Phi) is 5.99. The van der Waals surface area contributed by atoms with Crippen LogP contribution in [0.25, 0.3) is 10.8 Å². The molecule has 0 saturated carbocycles. The van der Waals surface area contributed by atoms with Gasteiger partial charge in [0.25, 0.3) is 5.56 Å². The van der Waals surface area contributed by atoms with Gasteiger partial charge >= 0.3 is 0 Å². The standard InChI is InChI=1S/C25H23N3O2/c29-24(19-28-25(30)23-14-8-7-13-22(23)17-26-28)27(18-21-11-5-2-6-12-21)16-15-20-9-3-1-4-10-20/h1-14,17H,15-16,18-19H2. The summed E-state index contributed by atoms with van der Waals surface area (Å²) >= 11 is 0. The van der Waals surface area contributed by atoms with Crippen molar-refractivity contribution < 1.29 is 4.79 Å². The average molecular weight is 397 g/mol. The molecule has 30 heavy (non-hydrogen) atoms. The lowest BCUT2D eigenvalue weighted by Gasteiger charge is -2.23. The van der Waals surface area contributed by atoms with Crippen molar-refractivity contribution in [3.63, 3.8) is 0 Å². The van der Waals surface area contributed by atoms with Gasteiger partial charge in [0.2, 0.25) is 5.91 Å². The highest BCUT2D eigenvalue weighted by Gasteiger charge is 2.16. The average Bonchev–Trinajstić information content (AvgIpc) is 2.80. The third kappa shape index (κ3) is 4.63. The van der Waals surface area contributed by atoms with E-state index in [0.29, 0.717) is 18.5 Å². The van der Waals surface area contributed by atoms with Gasteiger partial charge in [-0.25, -0.2) is 4.68 Å². The first-order valence-electron chi connectivity index (χ1n) is 10.0. The van der Waals surface area contributed by atoms with Crippen LogP contribution in [0.2, 0.25) is 0 Å². The van der Waals surface area contributed by atoms with Crippen molar-refractivity contribution in [1.82, 2.24) is 14.7 Å². The summed E-state index contributed by atoms with van der Waals surface area (Å²) in [6, 6.07) is 27.3. The summed E-state index contributed by atoms with van der Waals surface area (Å²) in [5, 5.41) is 5.55. The zero-order chi connectivity index (χ0) is 20.8. The van der Waals surface area contributed by atoms with Crippen molar-refractivity contribution in [2.75, 3.05) is 6.54 Å². The van der Waals surface area contributed by atoms with Crippen molar-refractivity contribution in [2.24, 2.45) is 0 Å². The third-order valence-corrected chi connectivity index (χ3v) is 5.13. The molecule has 0 unspecified atom stereocenters. The highest BCUT2D eigenvalue weighted by Crippen LogP contribution is 2.10. The molecule has 3 aromatic carbocycles. The molecule has 4 aromatic rings. The Morgan fingerprint density at radius 2 is 1.47 bits per heavy atom. The summed E-state index contributed by atoms with van der Waals surface area (Å²) in [5.41, 5.74) is 1.98. The van der Waals surface area contributed by atoms with E-state index < -0.39 is 0 Å². The van der Waals surface area contributed by atoms with Crippen molar-refractivity contribution >= 4 is 16.7 Å². The molecule has 150 valence electrons. The molecular weight excluding hydrogens is 374 g/mol. The summed E-state index contributed by atoms with van der Waals surface area (Å²) in [6.07, 6.45) is 2.38. The Labute approximate surface area is 175 Å². The second kappa shape index (κ2) is 9.18. The molecule has 0 spiro atoms. The summed E-state index contributed by atoms with van der Waals surface area (Å²) in [6.45, 7) is 0.986. The van der Waals surface area contributed by atoms with Gasteiger partial charge in [0, 0.05) is 18.5 Å². The molecule has 0 radical (unpaired) electrons. The van der Waals surface area contributed by atoms with Gasteiger partial charge in [0.15, 0.2) is 0 Å². The number of amides is 1. The minimum Gasteiger partial charge on any atom is -0.336 e. The lowest BCUT2D eigenvalue weighted by Crippen LogP contribution is -2.38. The van der Waals surface area contributed by atoms with Gasteiger partial charge < -0.3 is 4.90 Å². The SMILES string of the molecule is O=C(Cn1ncc2ccccc2c1=O)N(CCc1ccccc1)Cc1ccccc1. The van der Waals surface area contributed by atoms with Gasteiger partial charge in [-0.15, -0.1) is 0 Å². The van der Waals surface area contributed by atoms with Gasteiger partial charge in [-0.05, 0) is 23.6 Å². The number of fused-ring (bicyclic) bond motifs is 1. The summed E-state index contributed by atoms with van der Waals surface area (Å²) in [5.74, 6) is -0.125. The number of hydrogen-bond donors (Lipinski definition) is 0. The summed E-state index contributed by atoms with van der Waals surface area (Å²) in [7, 11) is 0. The molecule has 5 heteroatoms. The van der Waals surface area contributed by atoms with E-state index in [1.54, 1.807) is 17.2 Å². The van der Waals surface area contributed by atoms with E-state index in [1.807, 2.05) is 66.7 Å². The monoisotopic (exact) mass is 397 g/mol. The van der Waals surface area contributed by atoms with Gasteiger partial charge in [-0.1, -0.05) is 78.9 Å². The fourth-order valence-corrected chi connectivity index (χ4v) is 3.47. The Morgan fingerprint density at radius 3 is 2.20 bits per heavy atom. The van der Waals surface area contributed by atoms with E-state index >= 15 is 0 Å². The van der Waals surface area contributed by atoms with Crippen molar-refractivity contribution in [3.8, 4) is 0 Å². The van der Waals surface area contributed by atoms with Gasteiger partial charge in [-0.2, -0.15) is 5.10 Å². The lowest BCUT2D eigenvalue weighted by molar-refractivity contribution is -0.132. The molecule has 4 rings (SSSR count). The molecule has 1 heterocycles. The zero-order valence-electron chi connectivity index (χ0n) is 16.6. The van der Waals surface area contributed by atoms with Crippen LogP contribution in [0.5, 0.6) is 0 Å². The van der Waals surface area contributed by atoms with Crippen molar-refractivity contribution in [2.45, 2.75) is 19.5 Å². The second-order valence-corrected chi connectivity index (χ2v) is 7.23. The Bertz CT molecular complexity index is 1190. The number of hydrogen-bond acceptors (Lipinski definition) is 3. The number of carbonyl (C=O) groups is 1. The second-order valence-electron chi connectivity index (χ2n) is 7.23. The number of rotatable bonds is 7. The van der Waals surface area contributed by atoms with E-state index in [0.717, 1.165) is 17.4 Å². The molecule has 0 fully saturated rings. The first-order chi connectivity index (χ1) is 14.7. The number of aromatic nitrogens is 2. The lowest BCUT2D eigenvalue weighted by atomic mass is 10.1. The Hall–Kier alpha value is -3.73. The fourth-order valence-electron chi connectivity index (χ4n) is 3.47. The van der Waals surface area contributed by atoms with Crippen LogP contribution in [0, 0.1) is 0 Å². The smallest absolute Gasteiger partial charge is 0.275 e. The van der Waals surface area contributed by atoms with E-state index in [1.165, 1.54) is 10.2 Å². The van der Waals surface area contributed by atoms with Crippen LogP contribution in [-0.2, 0) is 24.3 Å². The molecular formula is C25H23N3O2. The van der Waals surface area contributed by atoms with Gasteiger partial charge in [-0.3, -0.25) is 9.59 Å². The van der Waals surface area contributed by atoms with E-state index in [9.17, 15) is 9.59 Å². The molecule has 0 aliphatic rings. The molecule has 0 N–H and O–H groups in total. The first kappa shape index (κ1) is 19.6. The fraction of sp³-hybridized carbons (Fsp3) is 0.160. The topological polar surface area (TPSA) is 55.2 Å². The largest absolute Gasteiger partial charge is 0.336 e. The maximum atomic E-state index is 13.2. The third-order valence-electron chi connectivity index (χ3n) is 5.13. The number of carbonyl (C=O) groups excluding carboxylic acids is 1. The van der Waals surface area contributed by atoms with Gasteiger partial charge in [0.05, 0.1) is 11.6 Å². The normalized spacial score (nSPS) is 10.8. The molecule has 1 amide bonds. The summed E-state index contributed by atoms with van der Waals surface area (Å²) < 4.78 is 1.26. The molecule has 0 bridgehead atoms. The van der Waals surface area contributed by atoms with Crippen LogP contribution in [0.15, 0.2) is 95.9 Å². The number of nitrogens with zero attached hydrogens (tertiary/aromatic N) is 3. The van der Waals surface area contributed by atoms with Crippen LogP contribution in [0.4, 0.5) is 0 Å². The minimum absolute atomic E-state index is 0.0781. The Balaban J connectivity index is 1.55. The van der Waals surface area contributed by atoms with E-state index in [2.05, 4.69) is 17.2 Å². The highest BCUT2D eigenvalue weighted by atomic mass is 16.2. The van der Waals surface area contributed by atoms with Crippen LogP contribution < -0.4 is 5.56 Å². The first-order valence-corrected chi connectivity index (χ1v) is 10.0. The molecule has 0 aliphatic carbocycles. The molecule has 0 saturated heterocycles. The quantitative estimate of drug-likeness (QED) is 0.478. The molecule has 1 aromatic heterocycles. The van der Waals surface area contributed by atoms with Crippen molar-refractivity contribution in [3.05, 3.63) is 113 Å². The van der Waals surface area contributed by atoms with Crippen LogP contribution in [-0.4, -0.2) is 27.1 Å². The highest BCUT2D eigenvalue weighted by molar-refractivity contribution is 5.81. The molecule has 0 atom stereocenters. The van der Waals surface area contributed by atoms with E-state index in [-0.39, 0.29) is 18.0 Å². The molecule has 0 aliphatic heterocycles. The molecule has 5 nitrogen and oxygen atoms in total. The Morgan fingerprint density at radius 1 is 0.833 bits per heavy atom. The zero-order valence-corrected chi connectivity index (χ0v) is 16.6. The number of benzene rings is 3. The predicted molar refractivity (Wildman–Crippen MR) is 118 cm³/mol. The minimum atomic E-state index is -0.246. The van der Waals surface area contributed by atoms with Crippen LogP contribution in [0.3, 0.4) is 0 Å².